The molecule has 2 aromatic heterocycles. The van der Waals surface area contributed by atoms with E-state index in [2.05, 4.69) is 24.7 Å². The molecule has 2 heterocycles. The van der Waals surface area contributed by atoms with Gasteiger partial charge in [0.05, 0.1) is 12.0 Å². The number of carbonyl (C=O) groups excluding carboxylic acids is 1. The summed E-state index contributed by atoms with van der Waals surface area (Å²) >= 11 is 0. The summed E-state index contributed by atoms with van der Waals surface area (Å²) in [5, 5.41) is 2.39. The Morgan fingerprint density at radius 1 is 1.12 bits per heavy atom. The number of hydrogen-bond donors (Lipinski definition) is 2. The summed E-state index contributed by atoms with van der Waals surface area (Å²) in [5.41, 5.74) is 0.931. The van der Waals surface area contributed by atoms with E-state index in [1.165, 1.54) is 25.4 Å². The first-order valence-electron chi connectivity index (χ1n) is 9.99. The van der Waals surface area contributed by atoms with Crippen molar-refractivity contribution in [2.45, 2.75) is 18.7 Å². The fourth-order valence-corrected chi connectivity index (χ4v) is 4.16. The van der Waals surface area contributed by atoms with Crippen molar-refractivity contribution < 1.29 is 17.9 Å². The Kier molecular flexibility index (Phi) is 5.99. The average Bonchev–Trinajstić information content (AvgIpc) is 3.21. The lowest BCUT2D eigenvalue weighted by molar-refractivity contribution is -0.117. The van der Waals surface area contributed by atoms with Crippen molar-refractivity contribution in [2.24, 2.45) is 4.40 Å². The number of aryl methyl sites for hydroxylation is 1. The van der Waals surface area contributed by atoms with Crippen molar-refractivity contribution in [3.8, 4) is 11.4 Å². The van der Waals surface area contributed by atoms with E-state index in [0.717, 1.165) is 5.56 Å². The number of hydrogen-bond acceptors (Lipinski definition) is 7. The number of nitrogens with zero attached hydrogens (tertiary/aromatic N) is 4. The molecule has 2 aromatic carbocycles. The molecule has 0 fully saturated rings. The molecule has 0 unspecified atom stereocenters. The minimum atomic E-state index is -4.22. The maximum absolute atomic E-state index is 12.9. The molecule has 0 aliphatic rings. The van der Waals surface area contributed by atoms with Crippen LogP contribution in [0.3, 0.4) is 0 Å². The SMILES string of the molecule is COc1ccc(-n2cnc3c(/C(=N\S(=O)(=O)c4ccc(C)cc4)NC(C)=O)[nH]c(=O)nc32)cc1. The van der Waals surface area contributed by atoms with E-state index >= 15 is 0 Å². The standard InChI is InChI=1S/C22H20N6O5S/c1-13-4-10-17(11-5-13)34(31,32)27-20(24-14(2)29)18-19-21(26-22(30)25-18)28(12-23-19)15-6-8-16(33-3)9-7-15/h4-12H,1-3H3,(H,24,27,29)(H,25,26,30). The highest BCUT2D eigenvalue weighted by Gasteiger charge is 2.21. The van der Waals surface area contributed by atoms with Crippen molar-refractivity contribution in [1.29, 1.82) is 0 Å². The van der Waals surface area contributed by atoms with Crippen LogP contribution in [0.5, 0.6) is 5.75 Å². The molecule has 12 heteroatoms. The molecule has 0 aliphatic heterocycles. The lowest BCUT2D eigenvalue weighted by Crippen LogP contribution is -2.33. The minimum absolute atomic E-state index is 0.0719. The first-order valence-corrected chi connectivity index (χ1v) is 11.4. The largest absolute Gasteiger partial charge is 0.497 e. The maximum Gasteiger partial charge on any atom is 0.347 e. The molecule has 0 radical (unpaired) electrons. The normalized spacial score (nSPS) is 12.0. The second-order valence-corrected chi connectivity index (χ2v) is 8.92. The summed E-state index contributed by atoms with van der Waals surface area (Å²) in [5.74, 6) is -0.322. The van der Waals surface area contributed by atoms with E-state index < -0.39 is 21.6 Å². The van der Waals surface area contributed by atoms with Crippen LogP contribution in [0.15, 0.2) is 68.9 Å². The van der Waals surface area contributed by atoms with Gasteiger partial charge >= 0.3 is 5.69 Å². The third-order valence-corrected chi connectivity index (χ3v) is 6.12. The zero-order valence-electron chi connectivity index (χ0n) is 18.4. The van der Waals surface area contributed by atoms with Gasteiger partial charge < -0.3 is 15.0 Å². The van der Waals surface area contributed by atoms with E-state index in [0.29, 0.717) is 11.4 Å². The quantitative estimate of drug-likeness (QED) is 0.326. The maximum atomic E-state index is 12.9. The summed E-state index contributed by atoms with van der Waals surface area (Å²) in [4.78, 5) is 34.9. The van der Waals surface area contributed by atoms with E-state index in [9.17, 15) is 18.0 Å². The van der Waals surface area contributed by atoms with Crippen molar-refractivity contribution in [3.05, 3.63) is 76.6 Å². The van der Waals surface area contributed by atoms with Gasteiger partial charge in [0.25, 0.3) is 10.0 Å². The Morgan fingerprint density at radius 2 is 1.79 bits per heavy atom. The molecule has 0 aliphatic carbocycles. The van der Waals surface area contributed by atoms with Gasteiger partial charge in [-0.15, -0.1) is 4.40 Å². The highest BCUT2D eigenvalue weighted by atomic mass is 32.2. The molecule has 0 spiro atoms. The summed E-state index contributed by atoms with van der Waals surface area (Å²) in [7, 11) is -2.68. The summed E-state index contributed by atoms with van der Waals surface area (Å²) in [6, 6.07) is 13.0. The molecule has 2 N–H and O–H groups in total. The average molecular weight is 481 g/mol. The van der Waals surface area contributed by atoms with E-state index in [-0.39, 0.29) is 27.6 Å². The van der Waals surface area contributed by atoms with E-state index in [1.807, 2.05) is 6.92 Å². The Hall–Kier alpha value is -4.32. The Balaban J connectivity index is 1.90. The van der Waals surface area contributed by atoms with Crippen LogP contribution in [0.2, 0.25) is 0 Å². The van der Waals surface area contributed by atoms with Gasteiger partial charge in [0, 0.05) is 12.6 Å². The summed E-state index contributed by atoms with van der Waals surface area (Å²) in [6.45, 7) is 3.01. The van der Waals surface area contributed by atoms with Crippen LogP contribution in [-0.4, -0.2) is 46.8 Å². The van der Waals surface area contributed by atoms with Crippen molar-refractivity contribution in [3.63, 3.8) is 0 Å². The van der Waals surface area contributed by atoms with Gasteiger partial charge in [-0.2, -0.15) is 13.4 Å². The topological polar surface area (TPSA) is 148 Å². The van der Waals surface area contributed by atoms with Crippen LogP contribution in [0, 0.1) is 6.92 Å². The second-order valence-electron chi connectivity index (χ2n) is 7.31. The number of sulfonamides is 1. The van der Waals surface area contributed by atoms with Crippen LogP contribution in [0.4, 0.5) is 0 Å². The molecular formula is C22H20N6O5S. The number of benzene rings is 2. The number of amidine groups is 1. The van der Waals surface area contributed by atoms with Gasteiger partial charge in [-0.25, -0.2) is 9.78 Å². The molecule has 0 saturated carbocycles. The monoisotopic (exact) mass is 480 g/mol. The summed E-state index contributed by atoms with van der Waals surface area (Å²) < 4.78 is 36.4. The number of aromatic amines is 1. The minimum Gasteiger partial charge on any atom is -0.497 e. The molecule has 0 bridgehead atoms. The number of H-pyrrole nitrogens is 1. The van der Waals surface area contributed by atoms with Gasteiger partial charge in [0.2, 0.25) is 5.91 Å². The fourth-order valence-electron chi connectivity index (χ4n) is 3.20. The van der Waals surface area contributed by atoms with Crippen molar-refractivity contribution in [2.75, 3.05) is 7.11 Å². The lowest BCUT2D eigenvalue weighted by Gasteiger charge is -2.09. The molecule has 34 heavy (non-hydrogen) atoms. The Morgan fingerprint density at radius 3 is 2.41 bits per heavy atom. The van der Waals surface area contributed by atoms with Gasteiger partial charge in [-0.3, -0.25) is 9.36 Å². The van der Waals surface area contributed by atoms with Gasteiger partial charge in [0.1, 0.15) is 23.3 Å². The number of nitrogens with one attached hydrogen (secondary N) is 2. The van der Waals surface area contributed by atoms with E-state index in [4.69, 9.17) is 4.74 Å². The molecule has 0 saturated heterocycles. The number of aromatic nitrogens is 4. The van der Waals surface area contributed by atoms with Gasteiger partial charge in [0.15, 0.2) is 11.5 Å². The number of fused-ring (bicyclic) bond motifs is 1. The first-order chi connectivity index (χ1) is 16.2. The third-order valence-electron chi connectivity index (χ3n) is 4.83. The number of methoxy groups -OCH3 is 1. The smallest absolute Gasteiger partial charge is 0.347 e. The number of imidazole rings is 1. The van der Waals surface area contributed by atoms with Crippen molar-refractivity contribution >= 4 is 32.9 Å². The predicted molar refractivity (Wildman–Crippen MR) is 125 cm³/mol. The molecule has 4 rings (SSSR count). The number of ether oxygens (including phenoxy) is 1. The second kappa shape index (κ2) is 8.90. The van der Waals surface area contributed by atoms with Gasteiger partial charge in [-0.05, 0) is 43.3 Å². The van der Waals surface area contributed by atoms with Crippen molar-refractivity contribution in [1.82, 2.24) is 24.8 Å². The summed E-state index contributed by atoms with van der Waals surface area (Å²) in [6.07, 6.45) is 1.43. The van der Waals surface area contributed by atoms with Crippen LogP contribution in [0.1, 0.15) is 18.2 Å². The molecule has 4 aromatic rings. The van der Waals surface area contributed by atoms with Crippen LogP contribution in [0.25, 0.3) is 16.9 Å². The number of rotatable bonds is 5. The molecule has 0 atom stereocenters. The zero-order valence-corrected chi connectivity index (χ0v) is 19.3. The molecule has 174 valence electrons. The predicted octanol–water partition coefficient (Wildman–Crippen LogP) is 1.70. The molecule has 11 nitrogen and oxygen atoms in total. The Bertz CT molecular complexity index is 1570. The Labute approximate surface area is 194 Å². The third kappa shape index (κ3) is 4.57. The molecular weight excluding hydrogens is 460 g/mol. The van der Waals surface area contributed by atoms with E-state index in [1.54, 1.807) is 48.1 Å². The fraction of sp³-hybridized carbons (Fsp3) is 0.136. The lowest BCUT2D eigenvalue weighted by atomic mass is 10.2. The van der Waals surface area contributed by atoms with Crippen LogP contribution >= 0.6 is 0 Å². The number of amides is 1. The van der Waals surface area contributed by atoms with Gasteiger partial charge in [-0.1, -0.05) is 17.7 Å². The van der Waals surface area contributed by atoms with Crippen LogP contribution < -0.4 is 15.7 Å². The molecule has 1 amide bonds. The first kappa shape index (κ1) is 22.9. The highest BCUT2D eigenvalue weighted by Crippen LogP contribution is 2.21. The number of carbonyl (C=O) groups is 1. The van der Waals surface area contributed by atoms with Crippen LogP contribution in [-0.2, 0) is 14.8 Å². The zero-order chi connectivity index (χ0) is 24.5. The highest BCUT2D eigenvalue weighted by molar-refractivity contribution is 7.90.